The van der Waals surface area contributed by atoms with E-state index in [1.54, 1.807) is 20.8 Å². The first kappa shape index (κ1) is 35.1. The summed E-state index contributed by atoms with van der Waals surface area (Å²) in [5, 5.41) is 0. The minimum Gasteiger partial charge on any atom is -1.00 e. The number of halogens is 2. The molecule has 1 saturated carbocycles. The number of quaternary nitrogens is 1. The summed E-state index contributed by atoms with van der Waals surface area (Å²) in [6.07, 6.45) is 4.60. The van der Waals surface area contributed by atoms with Crippen LogP contribution in [0.15, 0.2) is 36.4 Å². The molecule has 1 aromatic carbocycles. The number of nitrogens with one attached hydrogen (secondary N) is 1. The molecule has 1 aliphatic heterocycles. The lowest BCUT2D eigenvalue weighted by molar-refractivity contribution is -0.884. The average molecular weight is 627 g/mol. The summed E-state index contributed by atoms with van der Waals surface area (Å²) in [7, 11) is 2.19. The number of amides is 1. The number of hydrogen-bond acceptors (Lipinski definition) is 6. The number of rotatable bonds is 8. The van der Waals surface area contributed by atoms with Crippen LogP contribution < -0.4 is 34.6 Å². The number of anilines is 1. The van der Waals surface area contributed by atoms with E-state index in [2.05, 4.69) is 14.0 Å². The third-order valence-electron chi connectivity index (χ3n) is 8.02. The van der Waals surface area contributed by atoms with Crippen LogP contribution in [-0.4, -0.2) is 50.3 Å². The van der Waals surface area contributed by atoms with E-state index in [0.29, 0.717) is 16.5 Å². The number of nitrogens with zero attached hydrogens (tertiary/aromatic N) is 1. The monoisotopic (exact) mass is 625 g/mol. The Morgan fingerprint density at radius 2 is 1.54 bits per heavy atom. The molecule has 1 unspecified atom stereocenters. The van der Waals surface area contributed by atoms with Gasteiger partial charge in [0.05, 0.1) is 31.7 Å². The van der Waals surface area contributed by atoms with Gasteiger partial charge in [0.1, 0.15) is 4.88 Å². The SMILES string of the molecule is CC1CCC(C(=O)N(c2cc(-c3ccccc3)sc2C(=O)OC(C)OC(=O)C(C)C)C2CC[NH+](C)CC2)CC1.[Cl-].[Cl-]. The molecule has 0 radical (unpaired) electrons. The minimum atomic E-state index is -1.03. The highest BCUT2D eigenvalue weighted by Gasteiger charge is 2.38. The van der Waals surface area contributed by atoms with Gasteiger partial charge in [-0.15, -0.1) is 11.3 Å². The molecule has 0 spiro atoms. The molecule has 0 bridgehead atoms. The van der Waals surface area contributed by atoms with Gasteiger partial charge in [0.2, 0.25) is 12.2 Å². The number of esters is 2. The normalized spacial score (nSPS) is 23.0. The number of ether oxygens (including phenoxy) is 2. The van der Waals surface area contributed by atoms with Crippen molar-refractivity contribution in [2.75, 3.05) is 25.0 Å². The molecular formula is C31H43Cl2N2O5S-. The first-order valence-corrected chi connectivity index (χ1v) is 15.2. The van der Waals surface area contributed by atoms with Crippen LogP contribution in [0.2, 0.25) is 0 Å². The number of benzene rings is 1. The van der Waals surface area contributed by atoms with Gasteiger partial charge in [0.25, 0.3) is 0 Å². The van der Waals surface area contributed by atoms with E-state index < -0.39 is 18.2 Å². The zero-order valence-corrected chi connectivity index (χ0v) is 27.0. The van der Waals surface area contributed by atoms with Crippen LogP contribution in [-0.2, 0) is 19.1 Å². The second-order valence-electron chi connectivity index (χ2n) is 11.6. The van der Waals surface area contributed by atoms with Crippen molar-refractivity contribution in [2.45, 2.75) is 78.6 Å². The maximum Gasteiger partial charge on any atom is 0.353 e. The van der Waals surface area contributed by atoms with Crippen LogP contribution in [0, 0.1) is 17.8 Å². The van der Waals surface area contributed by atoms with Crippen LogP contribution in [0.4, 0.5) is 5.69 Å². The van der Waals surface area contributed by atoms with Gasteiger partial charge in [-0.2, -0.15) is 0 Å². The largest absolute Gasteiger partial charge is 1.00 e. The van der Waals surface area contributed by atoms with Gasteiger partial charge >= 0.3 is 11.9 Å². The maximum atomic E-state index is 14.3. The van der Waals surface area contributed by atoms with Crippen molar-refractivity contribution in [1.82, 2.24) is 0 Å². The van der Waals surface area contributed by atoms with Gasteiger partial charge in [-0.1, -0.05) is 51.1 Å². The predicted octanol–water partition coefficient (Wildman–Crippen LogP) is -1.04. The standard InChI is InChI=1S/C31H42N2O5S.2ClH/c1-20(2)30(35)37-22(4)38-31(36)28-26(19-27(39-28)23-9-7-6-8-10-23)33(25-15-17-32(5)18-16-25)29(34)24-13-11-21(3)12-14-24;;/h6-10,19-22,24-25H,11-18H2,1-5H3;2*1H/p-1. The van der Waals surface area contributed by atoms with Crippen molar-refractivity contribution in [1.29, 1.82) is 0 Å². The van der Waals surface area contributed by atoms with Crippen LogP contribution in [0.3, 0.4) is 0 Å². The van der Waals surface area contributed by atoms with Crippen molar-refractivity contribution in [3.63, 3.8) is 0 Å². The van der Waals surface area contributed by atoms with Gasteiger partial charge in [0, 0.05) is 36.6 Å². The first-order valence-electron chi connectivity index (χ1n) is 14.4. The number of likely N-dealkylation sites (tertiary alicyclic amines) is 1. The lowest BCUT2D eigenvalue weighted by Crippen LogP contribution is -3.10. The Morgan fingerprint density at radius 1 is 0.927 bits per heavy atom. The van der Waals surface area contributed by atoms with Crippen molar-refractivity contribution in [2.24, 2.45) is 17.8 Å². The smallest absolute Gasteiger partial charge is 0.353 e. The molecule has 41 heavy (non-hydrogen) atoms. The molecule has 1 N–H and O–H groups in total. The number of carbonyl (C=O) groups is 3. The van der Waals surface area contributed by atoms with Crippen molar-refractivity contribution < 1.29 is 53.6 Å². The molecule has 1 amide bonds. The molecule has 1 saturated heterocycles. The summed E-state index contributed by atoms with van der Waals surface area (Å²) in [6, 6.07) is 11.9. The molecular weight excluding hydrogens is 583 g/mol. The molecule has 2 aliphatic rings. The number of carbonyl (C=O) groups excluding carboxylic acids is 3. The van der Waals surface area contributed by atoms with Crippen LogP contribution in [0.25, 0.3) is 10.4 Å². The molecule has 10 heteroatoms. The summed E-state index contributed by atoms with van der Waals surface area (Å²) in [4.78, 5) is 44.6. The van der Waals surface area contributed by atoms with E-state index in [1.807, 2.05) is 41.3 Å². The lowest BCUT2D eigenvalue weighted by Gasteiger charge is -2.38. The number of thiophene rings is 1. The fourth-order valence-electron chi connectivity index (χ4n) is 5.53. The molecule has 1 aromatic heterocycles. The molecule has 1 atom stereocenters. The molecule has 2 heterocycles. The van der Waals surface area contributed by atoms with E-state index >= 15 is 0 Å². The highest BCUT2D eigenvalue weighted by Crippen LogP contribution is 2.41. The van der Waals surface area contributed by atoms with Crippen molar-refractivity contribution >= 4 is 34.9 Å². The molecule has 2 aromatic rings. The second-order valence-corrected chi connectivity index (χ2v) is 12.7. The van der Waals surface area contributed by atoms with Crippen molar-refractivity contribution in [3.05, 3.63) is 41.3 Å². The van der Waals surface area contributed by atoms with E-state index in [0.717, 1.165) is 62.1 Å². The highest BCUT2D eigenvalue weighted by atomic mass is 35.5. The summed E-state index contributed by atoms with van der Waals surface area (Å²) in [6.45, 7) is 9.24. The lowest BCUT2D eigenvalue weighted by atomic mass is 9.82. The fraction of sp³-hybridized carbons (Fsp3) is 0.581. The number of hydrogen-bond donors (Lipinski definition) is 1. The Bertz CT molecular complexity index is 1140. The number of piperidine rings is 1. The molecule has 1 aliphatic carbocycles. The van der Waals surface area contributed by atoms with Crippen LogP contribution in [0.5, 0.6) is 0 Å². The first-order chi connectivity index (χ1) is 18.6. The average Bonchev–Trinajstić information content (AvgIpc) is 3.36. The van der Waals surface area contributed by atoms with Crippen LogP contribution >= 0.6 is 11.3 Å². The Morgan fingerprint density at radius 3 is 2.12 bits per heavy atom. The summed E-state index contributed by atoms with van der Waals surface area (Å²) >= 11 is 1.33. The van der Waals surface area contributed by atoms with E-state index in [-0.39, 0.29) is 48.6 Å². The van der Waals surface area contributed by atoms with Crippen LogP contribution in [0.1, 0.15) is 75.9 Å². The Balaban J connectivity index is 0.00000294. The zero-order valence-electron chi connectivity index (χ0n) is 24.7. The van der Waals surface area contributed by atoms with E-state index in [1.165, 1.54) is 16.2 Å². The van der Waals surface area contributed by atoms with E-state index in [4.69, 9.17) is 9.47 Å². The van der Waals surface area contributed by atoms with E-state index in [9.17, 15) is 14.4 Å². The summed E-state index contributed by atoms with van der Waals surface area (Å²) in [5.74, 6) is -0.606. The second kappa shape index (κ2) is 15.9. The molecule has 4 rings (SSSR count). The van der Waals surface area contributed by atoms with Gasteiger partial charge in [0.15, 0.2) is 0 Å². The predicted molar refractivity (Wildman–Crippen MR) is 154 cm³/mol. The van der Waals surface area contributed by atoms with Gasteiger partial charge in [-0.05, 0) is 43.2 Å². The Labute approximate surface area is 260 Å². The molecule has 2 fully saturated rings. The molecule has 7 nitrogen and oxygen atoms in total. The van der Waals surface area contributed by atoms with Gasteiger partial charge in [-0.25, -0.2) is 4.79 Å². The van der Waals surface area contributed by atoms with Crippen molar-refractivity contribution in [3.8, 4) is 10.4 Å². The topological polar surface area (TPSA) is 77.3 Å². The minimum absolute atomic E-state index is 0. The van der Waals surface area contributed by atoms with Gasteiger partial charge < -0.3 is 44.1 Å². The third-order valence-corrected chi connectivity index (χ3v) is 9.17. The fourth-order valence-corrected chi connectivity index (χ4v) is 6.57. The Hall–Kier alpha value is -2.13. The summed E-state index contributed by atoms with van der Waals surface area (Å²) < 4.78 is 10.9. The van der Waals surface area contributed by atoms with Gasteiger partial charge in [-0.3, -0.25) is 9.59 Å². The molecule has 228 valence electrons. The Kier molecular flexibility index (Phi) is 13.6. The highest BCUT2D eigenvalue weighted by molar-refractivity contribution is 7.18. The zero-order chi connectivity index (χ0) is 28.1. The summed E-state index contributed by atoms with van der Waals surface area (Å²) in [5.41, 5.74) is 1.60. The third kappa shape index (κ3) is 8.93. The quantitative estimate of drug-likeness (QED) is 0.300. The maximum absolute atomic E-state index is 14.3.